The molecule has 8 heteroatoms. The highest BCUT2D eigenvalue weighted by molar-refractivity contribution is 9.10. The van der Waals surface area contributed by atoms with E-state index in [0.717, 1.165) is 11.3 Å². The Kier molecular flexibility index (Phi) is 6.18. The molecule has 0 radical (unpaired) electrons. The minimum Gasteiger partial charge on any atom is -0.497 e. The molecule has 0 aliphatic rings. The predicted octanol–water partition coefficient (Wildman–Crippen LogP) is 4.61. The molecule has 6 nitrogen and oxygen atoms in total. The van der Waals surface area contributed by atoms with Crippen molar-refractivity contribution in [2.24, 2.45) is 0 Å². The Morgan fingerprint density at radius 2 is 2.04 bits per heavy atom. The number of nitrogens with zero attached hydrogens (tertiary/aromatic N) is 2. The van der Waals surface area contributed by atoms with Gasteiger partial charge in [-0.25, -0.2) is 4.39 Å². The average Bonchev–Trinajstić information content (AvgIpc) is 3.13. The summed E-state index contributed by atoms with van der Waals surface area (Å²) >= 11 is 3.17. The maximum absolute atomic E-state index is 13.7. The molecule has 0 aliphatic heterocycles. The molecule has 0 spiro atoms. The molecule has 1 heterocycles. The van der Waals surface area contributed by atoms with E-state index < -0.39 is 5.82 Å². The van der Waals surface area contributed by atoms with Crippen molar-refractivity contribution in [2.75, 3.05) is 12.4 Å². The highest BCUT2D eigenvalue weighted by Gasteiger charge is 2.11. The first-order valence-corrected chi connectivity index (χ1v) is 9.06. The molecule has 3 rings (SSSR count). The minimum atomic E-state index is -0.487. The number of nitrogens with one attached hydrogen (secondary N) is 1. The van der Waals surface area contributed by atoms with E-state index in [2.05, 4.69) is 31.4 Å². The molecule has 0 saturated carbocycles. The van der Waals surface area contributed by atoms with Gasteiger partial charge >= 0.3 is 0 Å². The van der Waals surface area contributed by atoms with E-state index in [1.54, 1.807) is 13.2 Å². The van der Waals surface area contributed by atoms with Crippen LogP contribution in [0.3, 0.4) is 0 Å². The first-order chi connectivity index (χ1) is 13.0. The van der Waals surface area contributed by atoms with Crippen LogP contribution in [0.25, 0.3) is 11.4 Å². The topological polar surface area (TPSA) is 77.2 Å². The molecular weight excluding hydrogens is 417 g/mol. The number of benzene rings is 2. The lowest BCUT2D eigenvalue weighted by Gasteiger charge is -2.06. The molecular formula is C19H17BrFN3O3. The number of aryl methyl sites for hydroxylation is 1. The normalized spacial score (nSPS) is 10.6. The third kappa shape index (κ3) is 5.13. The second-order valence-electron chi connectivity index (χ2n) is 5.77. The van der Waals surface area contributed by atoms with Gasteiger partial charge in [-0.1, -0.05) is 21.1 Å². The van der Waals surface area contributed by atoms with Crippen molar-refractivity contribution in [3.8, 4) is 17.1 Å². The largest absolute Gasteiger partial charge is 0.497 e. The zero-order valence-corrected chi connectivity index (χ0v) is 16.1. The van der Waals surface area contributed by atoms with Crippen molar-refractivity contribution in [3.05, 3.63) is 58.6 Å². The van der Waals surface area contributed by atoms with Gasteiger partial charge in [0.25, 0.3) is 0 Å². The molecule has 3 aromatic rings. The summed E-state index contributed by atoms with van der Waals surface area (Å²) in [7, 11) is 1.60. The number of anilines is 1. The van der Waals surface area contributed by atoms with Crippen molar-refractivity contribution >= 4 is 27.5 Å². The van der Waals surface area contributed by atoms with Crippen LogP contribution in [-0.2, 0) is 11.2 Å². The van der Waals surface area contributed by atoms with Crippen molar-refractivity contribution in [3.63, 3.8) is 0 Å². The minimum absolute atomic E-state index is 0.155. The molecule has 0 bridgehead atoms. The smallest absolute Gasteiger partial charge is 0.226 e. The van der Waals surface area contributed by atoms with E-state index in [0.29, 0.717) is 29.0 Å². The summed E-state index contributed by atoms with van der Waals surface area (Å²) in [6.07, 6.45) is 1.18. The Balaban J connectivity index is 1.50. The Labute approximate surface area is 163 Å². The molecule has 27 heavy (non-hydrogen) atoms. The molecule has 0 saturated heterocycles. The summed E-state index contributed by atoms with van der Waals surface area (Å²) in [5.74, 6) is 0.915. The number of carbonyl (C=O) groups is 1. The van der Waals surface area contributed by atoms with Gasteiger partial charge in [0.05, 0.1) is 12.8 Å². The molecule has 1 N–H and O–H groups in total. The molecule has 140 valence electrons. The first-order valence-electron chi connectivity index (χ1n) is 8.27. The lowest BCUT2D eigenvalue weighted by Crippen LogP contribution is -2.12. The second kappa shape index (κ2) is 8.77. The molecule has 2 aromatic carbocycles. The van der Waals surface area contributed by atoms with E-state index in [1.807, 2.05) is 24.3 Å². The maximum Gasteiger partial charge on any atom is 0.226 e. The number of rotatable bonds is 7. The third-order valence-corrected chi connectivity index (χ3v) is 4.31. The lowest BCUT2D eigenvalue weighted by molar-refractivity contribution is -0.116. The molecule has 0 aliphatic carbocycles. The number of amides is 1. The quantitative estimate of drug-likeness (QED) is 0.588. The van der Waals surface area contributed by atoms with E-state index in [1.165, 1.54) is 12.1 Å². The van der Waals surface area contributed by atoms with Gasteiger partial charge in [0.15, 0.2) is 0 Å². The van der Waals surface area contributed by atoms with E-state index in [4.69, 9.17) is 9.26 Å². The number of aromatic nitrogens is 2. The summed E-state index contributed by atoms with van der Waals surface area (Å²) in [5, 5.41) is 6.50. The summed E-state index contributed by atoms with van der Waals surface area (Å²) in [6.45, 7) is 0. The third-order valence-electron chi connectivity index (χ3n) is 3.82. The molecule has 1 aromatic heterocycles. The van der Waals surface area contributed by atoms with Crippen LogP contribution in [0.1, 0.15) is 18.7 Å². The fraction of sp³-hybridized carbons (Fsp3) is 0.211. The Morgan fingerprint density at radius 3 is 2.74 bits per heavy atom. The highest BCUT2D eigenvalue weighted by atomic mass is 79.9. The van der Waals surface area contributed by atoms with Crippen LogP contribution in [0.4, 0.5) is 10.1 Å². The molecule has 0 unspecified atom stereocenters. The predicted molar refractivity (Wildman–Crippen MR) is 102 cm³/mol. The van der Waals surface area contributed by atoms with Gasteiger partial charge in [-0.05, 0) is 48.9 Å². The fourth-order valence-electron chi connectivity index (χ4n) is 2.42. The SMILES string of the molecule is COc1ccc(-c2noc(CCCC(=O)Nc3ccc(Br)cc3F)n2)cc1. The molecule has 0 fully saturated rings. The zero-order chi connectivity index (χ0) is 19.2. The number of methoxy groups -OCH3 is 1. The van der Waals surface area contributed by atoms with E-state index in [9.17, 15) is 9.18 Å². The number of halogens is 2. The van der Waals surface area contributed by atoms with E-state index in [-0.39, 0.29) is 18.0 Å². The Bertz CT molecular complexity index is 928. The van der Waals surface area contributed by atoms with Crippen LogP contribution in [0, 0.1) is 5.82 Å². The van der Waals surface area contributed by atoms with Gasteiger partial charge in [0, 0.05) is 22.9 Å². The standard InChI is InChI=1S/C19H17BrFN3O3/c1-26-14-8-5-12(6-9-14)19-23-18(27-24-19)4-2-3-17(25)22-16-10-7-13(20)11-15(16)21/h5-11H,2-4H2,1H3,(H,22,25). The van der Waals surface area contributed by atoms with Crippen molar-refractivity contribution < 1.29 is 18.4 Å². The number of hydrogen-bond acceptors (Lipinski definition) is 5. The number of ether oxygens (including phenoxy) is 1. The van der Waals surface area contributed by atoms with Crippen molar-refractivity contribution in [2.45, 2.75) is 19.3 Å². The first kappa shape index (κ1) is 19.0. The maximum atomic E-state index is 13.7. The number of hydrogen-bond donors (Lipinski definition) is 1. The summed E-state index contributed by atoms with van der Waals surface area (Å²) in [5.41, 5.74) is 0.969. The summed E-state index contributed by atoms with van der Waals surface area (Å²) < 4.78 is 24.7. The van der Waals surface area contributed by atoms with Crippen LogP contribution in [0.15, 0.2) is 51.5 Å². The van der Waals surface area contributed by atoms with Gasteiger partial charge in [-0.3, -0.25) is 4.79 Å². The van der Waals surface area contributed by atoms with Crippen LogP contribution in [0.2, 0.25) is 0 Å². The van der Waals surface area contributed by atoms with E-state index >= 15 is 0 Å². The van der Waals surface area contributed by atoms with Gasteiger partial charge in [-0.2, -0.15) is 4.98 Å². The van der Waals surface area contributed by atoms with Crippen molar-refractivity contribution in [1.29, 1.82) is 0 Å². The van der Waals surface area contributed by atoms with Crippen LogP contribution < -0.4 is 10.1 Å². The summed E-state index contributed by atoms with van der Waals surface area (Å²) in [6, 6.07) is 11.8. The highest BCUT2D eigenvalue weighted by Crippen LogP contribution is 2.21. The molecule has 0 atom stereocenters. The van der Waals surface area contributed by atoms with Crippen LogP contribution >= 0.6 is 15.9 Å². The number of carbonyl (C=O) groups excluding carboxylic acids is 1. The Hall–Kier alpha value is -2.74. The van der Waals surface area contributed by atoms with Crippen LogP contribution in [0.5, 0.6) is 5.75 Å². The monoisotopic (exact) mass is 433 g/mol. The zero-order valence-electron chi connectivity index (χ0n) is 14.5. The summed E-state index contributed by atoms with van der Waals surface area (Å²) in [4.78, 5) is 16.3. The lowest BCUT2D eigenvalue weighted by atomic mass is 10.2. The van der Waals surface area contributed by atoms with Gasteiger partial charge < -0.3 is 14.6 Å². The van der Waals surface area contributed by atoms with Gasteiger partial charge in [-0.15, -0.1) is 0 Å². The molecule has 1 amide bonds. The Morgan fingerprint density at radius 1 is 1.26 bits per heavy atom. The van der Waals surface area contributed by atoms with Crippen LogP contribution in [-0.4, -0.2) is 23.2 Å². The van der Waals surface area contributed by atoms with Gasteiger partial charge in [0.1, 0.15) is 11.6 Å². The average molecular weight is 434 g/mol. The fourth-order valence-corrected chi connectivity index (χ4v) is 2.75. The second-order valence-corrected chi connectivity index (χ2v) is 6.68. The van der Waals surface area contributed by atoms with Gasteiger partial charge in [0.2, 0.25) is 17.6 Å². The van der Waals surface area contributed by atoms with Crippen molar-refractivity contribution in [1.82, 2.24) is 10.1 Å².